The molecule has 0 saturated carbocycles. The van der Waals surface area contributed by atoms with Crippen molar-refractivity contribution in [2.75, 3.05) is 13.1 Å². The second-order valence-corrected chi connectivity index (χ2v) is 6.23. The van der Waals surface area contributed by atoms with Gasteiger partial charge in [-0.05, 0) is 42.8 Å². The molecular formula is C19H17N3O3. The van der Waals surface area contributed by atoms with Crippen LogP contribution in [0.1, 0.15) is 16.8 Å². The maximum absolute atomic E-state index is 12.5. The van der Waals surface area contributed by atoms with Crippen molar-refractivity contribution in [3.05, 3.63) is 60.4 Å². The third-order valence-electron chi connectivity index (χ3n) is 4.67. The molecule has 4 rings (SSSR count). The van der Waals surface area contributed by atoms with Crippen LogP contribution >= 0.6 is 0 Å². The van der Waals surface area contributed by atoms with Crippen LogP contribution in [0, 0.1) is 5.92 Å². The molecule has 1 amide bonds. The van der Waals surface area contributed by atoms with Gasteiger partial charge in [0.25, 0.3) is 5.91 Å². The normalized spacial score (nSPS) is 17.1. The fourth-order valence-electron chi connectivity index (χ4n) is 3.26. The fourth-order valence-corrected chi connectivity index (χ4v) is 3.26. The van der Waals surface area contributed by atoms with Gasteiger partial charge in [0.15, 0.2) is 0 Å². The second kappa shape index (κ2) is 6.05. The molecule has 1 saturated heterocycles. The number of para-hydroxylation sites is 2. The summed E-state index contributed by atoms with van der Waals surface area (Å²) < 4.78 is 1.97. The Morgan fingerprint density at radius 3 is 2.56 bits per heavy atom. The van der Waals surface area contributed by atoms with Gasteiger partial charge in [-0.2, -0.15) is 0 Å². The zero-order valence-corrected chi connectivity index (χ0v) is 13.5. The number of aromatic nitrogens is 2. The van der Waals surface area contributed by atoms with E-state index in [-0.39, 0.29) is 12.5 Å². The van der Waals surface area contributed by atoms with Crippen molar-refractivity contribution in [1.29, 1.82) is 0 Å². The molecule has 1 fully saturated rings. The summed E-state index contributed by atoms with van der Waals surface area (Å²) >= 11 is 0. The maximum Gasteiger partial charge on any atom is 0.308 e. The lowest BCUT2D eigenvalue weighted by atomic mass is 10.1. The molecule has 2 heterocycles. The van der Waals surface area contributed by atoms with E-state index in [0.29, 0.717) is 18.5 Å². The molecule has 1 atom stereocenters. The van der Waals surface area contributed by atoms with E-state index >= 15 is 0 Å². The lowest BCUT2D eigenvalue weighted by Crippen LogP contribution is -2.29. The molecule has 0 unspecified atom stereocenters. The van der Waals surface area contributed by atoms with E-state index in [9.17, 15) is 9.59 Å². The molecule has 0 aliphatic carbocycles. The number of carbonyl (C=O) groups excluding carboxylic acids is 1. The standard InChI is InChI=1S/C19H17N3O3/c23-18(21-10-9-14(11-21)19(24)25)13-5-7-15(8-6-13)22-12-20-16-3-1-2-4-17(16)22/h1-8,12,14H,9-11H2,(H,24,25)/t14-/m0/s1. The van der Waals surface area contributed by atoms with Gasteiger partial charge in [-0.3, -0.25) is 14.2 Å². The van der Waals surface area contributed by atoms with Crippen LogP contribution in [0.15, 0.2) is 54.9 Å². The lowest BCUT2D eigenvalue weighted by molar-refractivity contribution is -0.141. The number of carboxylic acids is 1. The molecule has 1 aliphatic rings. The highest BCUT2D eigenvalue weighted by molar-refractivity contribution is 5.95. The average Bonchev–Trinajstić information content (AvgIpc) is 3.29. The van der Waals surface area contributed by atoms with Crippen LogP contribution in [0.25, 0.3) is 16.7 Å². The topological polar surface area (TPSA) is 75.4 Å². The van der Waals surface area contributed by atoms with Crippen molar-refractivity contribution >= 4 is 22.9 Å². The molecule has 1 N–H and O–H groups in total. The van der Waals surface area contributed by atoms with Crippen LogP contribution in [-0.2, 0) is 4.79 Å². The molecule has 6 nitrogen and oxygen atoms in total. The number of likely N-dealkylation sites (tertiary alicyclic amines) is 1. The van der Waals surface area contributed by atoms with E-state index in [1.54, 1.807) is 23.4 Å². The van der Waals surface area contributed by atoms with E-state index in [1.807, 2.05) is 41.0 Å². The van der Waals surface area contributed by atoms with Gasteiger partial charge < -0.3 is 10.0 Å². The van der Waals surface area contributed by atoms with Crippen molar-refractivity contribution in [3.63, 3.8) is 0 Å². The molecule has 0 bridgehead atoms. The summed E-state index contributed by atoms with van der Waals surface area (Å²) in [6.45, 7) is 0.770. The Morgan fingerprint density at radius 2 is 1.84 bits per heavy atom. The van der Waals surface area contributed by atoms with Crippen LogP contribution in [0.4, 0.5) is 0 Å². The molecule has 0 spiro atoms. The molecule has 126 valence electrons. The molecule has 0 radical (unpaired) electrons. The van der Waals surface area contributed by atoms with Crippen LogP contribution in [0.2, 0.25) is 0 Å². The predicted molar refractivity (Wildman–Crippen MR) is 92.7 cm³/mol. The number of nitrogens with zero attached hydrogens (tertiary/aromatic N) is 3. The zero-order chi connectivity index (χ0) is 17.4. The van der Waals surface area contributed by atoms with E-state index in [2.05, 4.69) is 4.98 Å². The van der Waals surface area contributed by atoms with Gasteiger partial charge in [-0.1, -0.05) is 12.1 Å². The van der Waals surface area contributed by atoms with Crippen LogP contribution < -0.4 is 0 Å². The average molecular weight is 335 g/mol. The first-order valence-electron chi connectivity index (χ1n) is 8.18. The van der Waals surface area contributed by atoms with Crippen molar-refractivity contribution in [1.82, 2.24) is 14.5 Å². The third kappa shape index (κ3) is 2.76. The van der Waals surface area contributed by atoms with Gasteiger partial charge in [0.1, 0.15) is 6.33 Å². The molecular weight excluding hydrogens is 318 g/mol. The monoisotopic (exact) mass is 335 g/mol. The molecule has 3 aromatic rings. The van der Waals surface area contributed by atoms with Crippen LogP contribution in [0.5, 0.6) is 0 Å². The number of carboxylic acid groups (broad SMARTS) is 1. The lowest BCUT2D eigenvalue weighted by Gasteiger charge is -2.16. The first-order chi connectivity index (χ1) is 12.1. The number of hydrogen-bond donors (Lipinski definition) is 1. The Balaban J connectivity index is 1.56. The minimum absolute atomic E-state index is 0.120. The number of hydrogen-bond acceptors (Lipinski definition) is 3. The third-order valence-corrected chi connectivity index (χ3v) is 4.67. The van der Waals surface area contributed by atoms with Crippen molar-refractivity contribution in [2.45, 2.75) is 6.42 Å². The molecule has 25 heavy (non-hydrogen) atoms. The van der Waals surface area contributed by atoms with Gasteiger partial charge in [0.05, 0.1) is 17.0 Å². The fraction of sp³-hybridized carbons (Fsp3) is 0.211. The quantitative estimate of drug-likeness (QED) is 0.798. The first-order valence-corrected chi connectivity index (χ1v) is 8.18. The first kappa shape index (κ1) is 15.4. The largest absolute Gasteiger partial charge is 0.481 e. The van der Waals surface area contributed by atoms with Gasteiger partial charge in [-0.15, -0.1) is 0 Å². The van der Waals surface area contributed by atoms with Crippen LogP contribution in [-0.4, -0.2) is 44.5 Å². The number of carbonyl (C=O) groups is 2. The van der Waals surface area contributed by atoms with Crippen molar-refractivity contribution in [3.8, 4) is 5.69 Å². The second-order valence-electron chi connectivity index (χ2n) is 6.23. The zero-order valence-electron chi connectivity index (χ0n) is 13.5. The highest BCUT2D eigenvalue weighted by Crippen LogP contribution is 2.21. The SMILES string of the molecule is O=C(O)[C@H]1CCN(C(=O)c2ccc(-n3cnc4ccccc43)cc2)C1. The number of amides is 1. The van der Waals surface area contributed by atoms with Gasteiger partial charge in [-0.25, -0.2) is 4.98 Å². The van der Waals surface area contributed by atoms with Gasteiger partial charge in [0, 0.05) is 24.3 Å². The summed E-state index contributed by atoms with van der Waals surface area (Å²) in [7, 11) is 0. The number of benzene rings is 2. The Bertz CT molecular complexity index is 946. The summed E-state index contributed by atoms with van der Waals surface area (Å²) in [4.78, 5) is 29.6. The Morgan fingerprint density at radius 1 is 1.08 bits per heavy atom. The highest BCUT2D eigenvalue weighted by Gasteiger charge is 2.31. The number of aliphatic carboxylic acids is 1. The van der Waals surface area contributed by atoms with Gasteiger partial charge in [0.2, 0.25) is 0 Å². The van der Waals surface area contributed by atoms with Crippen molar-refractivity contribution < 1.29 is 14.7 Å². The maximum atomic E-state index is 12.5. The Kier molecular flexibility index (Phi) is 3.72. The number of rotatable bonds is 3. The van der Waals surface area contributed by atoms with E-state index in [0.717, 1.165) is 16.7 Å². The predicted octanol–water partition coefficient (Wildman–Crippen LogP) is 2.57. The summed E-state index contributed by atoms with van der Waals surface area (Å²) in [5.74, 6) is -1.41. The molecule has 1 aromatic heterocycles. The minimum atomic E-state index is -0.836. The highest BCUT2D eigenvalue weighted by atomic mass is 16.4. The Labute approximate surface area is 144 Å². The number of fused-ring (bicyclic) bond motifs is 1. The molecule has 1 aliphatic heterocycles. The smallest absolute Gasteiger partial charge is 0.308 e. The van der Waals surface area contributed by atoms with E-state index < -0.39 is 11.9 Å². The van der Waals surface area contributed by atoms with Gasteiger partial charge >= 0.3 is 5.97 Å². The molecule has 2 aromatic carbocycles. The summed E-state index contributed by atoms with van der Waals surface area (Å²) in [5.41, 5.74) is 3.42. The minimum Gasteiger partial charge on any atom is -0.481 e. The molecule has 6 heteroatoms. The Hall–Kier alpha value is -3.15. The summed E-state index contributed by atoms with van der Waals surface area (Å²) in [6.07, 6.45) is 2.28. The van der Waals surface area contributed by atoms with Crippen molar-refractivity contribution in [2.24, 2.45) is 5.92 Å². The van der Waals surface area contributed by atoms with E-state index in [1.165, 1.54) is 0 Å². The summed E-state index contributed by atoms with van der Waals surface area (Å²) in [5, 5.41) is 9.07. The van der Waals surface area contributed by atoms with E-state index in [4.69, 9.17) is 5.11 Å². The summed E-state index contributed by atoms with van der Waals surface area (Å²) in [6, 6.07) is 15.2. The van der Waals surface area contributed by atoms with Crippen LogP contribution in [0.3, 0.4) is 0 Å². The number of imidazole rings is 1.